The van der Waals surface area contributed by atoms with Gasteiger partial charge >= 0.3 is 0 Å². The Balaban J connectivity index is 0.000000202. The second kappa shape index (κ2) is 15.2. The van der Waals surface area contributed by atoms with Gasteiger partial charge in [-0.3, -0.25) is 9.11 Å². The number of hydrogen-bond donors (Lipinski definition) is 3. The molecule has 4 aromatic rings. The fraction of sp³-hybridized carbons (Fsp3) is 0.286. The van der Waals surface area contributed by atoms with Gasteiger partial charge in [-0.05, 0) is 50.2 Å². The Bertz CT molecular complexity index is 1640. The molecule has 0 unspecified atom stereocenters. The standard InChI is InChI=1S/C14H16FN3O3S.2C7H8O3S/c1-18-13(16-9-17-18)22-8-14(20-7-12(6-19)21-14)10-2-4-11(15)5-3-10;2*1-6-2-4-7(5-3-6)11(8,9)10/h2-5,9,12,19H,6-8H2,1H3;2*2-5H,1H3,(H,8,9,10)/t12-,14-;;/m1../s1. The first-order valence-electron chi connectivity index (χ1n) is 12.9. The summed E-state index contributed by atoms with van der Waals surface area (Å²) in [5.41, 5.74) is 2.62. The topological polar surface area (TPSA) is 178 Å². The van der Waals surface area contributed by atoms with Crippen molar-refractivity contribution in [3.63, 3.8) is 0 Å². The Morgan fingerprint density at radius 3 is 1.80 bits per heavy atom. The van der Waals surface area contributed by atoms with E-state index in [0.29, 0.717) is 11.3 Å². The molecule has 1 aliphatic rings. The Kier molecular flexibility index (Phi) is 12.2. The van der Waals surface area contributed by atoms with Gasteiger partial charge in [-0.15, -0.1) is 0 Å². The maximum Gasteiger partial charge on any atom is 0.294 e. The number of aliphatic hydroxyl groups is 1. The summed E-state index contributed by atoms with van der Waals surface area (Å²) in [6, 6.07) is 18.0. The van der Waals surface area contributed by atoms with Gasteiger partial charge in [0, 0.05) is 12.6 Å². The number of aromatic nitrogens is 3. The van der Waals surface area contributed by atoms with Crippen molar-refractivity contribution in [3.05, 3.63) is 102 Å². The highest BCUT2D eigenvalue weighted by Gasteiger charge is 2.43. The molecule has 1 saturated heterocycles. The van der Waals surface area contributed by atoms with Crippen LogP contribution in [-0.4, -0.2) is 70.9 Å². The predicted octanol–water partition coefficient (Wildman–Crippen LogP) is 3.79. The maximum atomic E-state index is 13.2. The first-order valence-corrected chi connectivity index (χ1v) is 16.7. The number of thioether (sulfide) groups is 1. The zero-order valence-corrected chi connectivity index (χ0v) is 26.4. The summed E-state index contributed by atoms with van der Waals surface area (Å²) in [4.78, 5) is 4.02. The summed E-state index contributed by atoms with van der Waals surface area (Å²) in [6.45, 7) is 3.84. The minimum absolute atomic E-state index is 0.0666. The average molecular weight is 670 g/mol. The van der Waals surface area contributed by atoms with E-state index < -0.39 is 32.1 Å². The number of ether oxygens (including phenoxy) is 2. The highest BCUT2D eigenvalue weighted by atomic mass is 32.2. The SMILES string of the molecule is Cc1ccc(S(=O)(=O)O)cc1.Cc1ccc(S(=O)(=O)O)cc1.Cn1ncnc1SC[C@@]1(c2ccc(F)cc2)OC[C@@H](CO)O1. The fourth-order valence-corrected chi connectivity index (χ4v) is 5.62. The molecule has 5 rings (SSSR count). The molecule has 2 atom stereocenters. The van der Waals surface area contributed by atoms with E-state index in [2.05, 4.69) is 10.1 Å². The Hall–Kier alpha value is -3.22. The number of hydrogen-bond acceptors (Lipinski definition) is 10. The van der Waals surface area contributed by atoms with E-state index in [9.17, 15) is 26.3 Å². The number of benzene rings is 3. The number of halogens is 1. The second-order valence-corrected chi connectivity index (χ2v) is 13.3. The van der Waals surface area contributed by atoms with Crippen molar-refractivity contribution in [1.29, 1.82) is 0 Å². The third-order valence-electron chi connectivity index (χ3n) is 6.05. The summed E-state index contributed by atoms with van der Waals surface area (Å²) in [5, 5.41) is 14.0. The molecule has 3 aromatic carbocycles. The molecular weight excluding hydrogens is 638 g/mol. The fourth-order valence-electron chi connectivity index (χ4n) is 3.67. The molecule has 238 valence electrons. The highest BCUT2D eigenvalue weighted by Crippen LogP contribution is 2.38. The van der Waals surface area contributed by atoms with Gasteiger partial charge in [-0.25, -0.2) is 14.1 Å². The van der Waals surface area contributed by atoms with E-state index in [4.69, 9.17) is 18.6 Å². The van der Waals surface area contributed by atoms with Crippen LogP contribution in [0.1, 0.15) is 16.7 Å². The zero-order chi connectivity index (χ0) is 32.5. The van der Waals surface area contributed by atoms with Crippen molar-refractivity contribution in [2.75, 3.05) is 19.0 Å². The average Bonchev–Trinajstić information content (AvgIpc) is 3.59. The van der Waals surface area contributed by atoms with Gasteiger partial charge < -0.3 is 14.6 Å². The largest absolute Gasteiger partial charge is 0.394 e. The molecule has 1 fully saturated rings. The lowest BCUT2D eigenvalue weighted by atomic mass is 10.1. The lowest BCUT2D eigenvalue weighted by Gasteiger charge is -2.28. The van der Waals surface area contributed by atoms with Crippen LogP contribution in [0, 0.1) is 19.7 Å². The molecule has 2 heterocycles. The van der Waals surface area contributed by atoms with E-state index >= 15 is 0 Å². The van der Waals surface area contributed by atoms with Crippen molar-refractivity contribution in [3.8, 4) is 0 Å². The molecule has 0 radical (unpaired) electrons. The zero-order valence-electron chi connectivity index (χ0n) is 23.9. The van der Waals surface area contributed by atoms with Crippen molar-refractivity contribution < 1.29 is 44.9 Å². The van der Waals surface area contributed by atoms with E-state index in [0.717, 1.165) is 16.3 Å². The van der Waals surface area contributed by atoms with Crippen molar-refractivity contribution in [2.45, 2.75) is 40.7 Å². The third-order valence-corrected chi connectivity index (χ3v) is 8.93. The number of nitrogens with zero attached hydrogens (tertiary/aromatic N) is 3. The number of rotatable bonds is 7. The van der Waals surface area contributed by atoms with Gasteiger partial charge in [0.1, 0.15) is 18.2 Å². The van der Waals surface area contributed by atoms with Crippen molar-refractivity contribution in [2.24, 2.45) is 7.05 Å². The van der Waals surface area contributed by atoms with Crippen molar-refractivity contribution >= 4 is 32.0 Å². The van der Waals surface area contributed by atoms with Gasteiger partial charge in [-0.1, -0.05) is 59.3 Å². The summed E-state index contributed by atoms with van der Waals surface area (Å²) in [7, 11) is -6.24. The molecule has 44 heavy (non-hydrogen) atoms. The van der Waals surface area contributed by atoms with E-state index in [1.54, 1.807) is 48.1 Å². The van der Waals surface area contributed by atoms with Gasteiger partial charge in [0.2, 0.25) is 5.79 Å². The van der Waals surface area contributed by atoms with Crippen LogP contribution in [0.3, 0.4) is 0 Å². The van der Waals surface area contributed by atoms with Crippen LogP contribution >= 0.6 is 11.8 Å². The monoisotopic (exact) mass is 669 g/mol. The highest BCUT2D eigenvalue weighted by molar-refractivity contribution is 7.99. The van der Waals surface area contributed by atoms with Crippen LogP contribution in [0.5, 0.6) is 0 Å². The molecule has 12 nitrogen and oxygen atoms in total. The van der Waals surface area contributed by atoms with Crippen LogP contribution in [0.15, 0.2) is 94.1 Å². The van der Waals surface area contributed by atoms with E-state index in [1.165, 1.54) is 54.5 Å². The van der Waals surface area contributed by atoms with Crippen LogP contribution in [-0.2, 0) is 42.5 Å². The summed E-state index contributed by atoms with van der Waals surface area (Å²) in [5.74, 6) is -0.934. The van der Waals surface area contributed by atoms with Gasteiger partial charge in [0.25, 0.3) is 20.2 Å². The van der Waals surface area contributed by atoms with Crippen molar-refractivity contribution in [1.82, 2.24) is 14.8 Å². The number of aryl methyl sites for hydroxylation is 3. The molecule has 0 aliphatic carbocycles. The van der Waals surface area contributed by atoms with E-state index in [1.807, 2.05) is 13.8 Å². The van der Waals surface area contributed by atoms with E-state index in [-0.39, 0.29) is 28.8 Å². The first kappa shape index (κ1) is 35.3. The first-order chi connectivity index (χ1) is 20.6. The minimum Gasteiger partial charge on any atom is -0.394 e. The summed E-state index contributed by atoms with van der Waals surface area (Å²) < 4.78 is 85.6. The third kappa shape index (κ3) is 10.2. The number of aliphatic hydroxyl groups excluding tert-OH is 1. The molecule has 0 amide bonds. The molecule has 3 N–H and O–H groups in total. The van der Waals surface area contributed by atoms with Gasteiger partial charge in [0.05, 0.1) is 28.8 Å². The molecule has 0 saturated carbocycles. The van der Waals surface area contributed by atoms with Crippen LogP contribution in [0.4, 0.5) is 4.39 Å². The van der Waals surface area contributed by atoms with Crippen LogP contribution < -0.4 is 0 Å². The normalized spacial score (nSPS) is 18.1. The quantitative estimate of drug-likeness (QED) is 0.192. The summed E-state index contributed by atoms with van der Waals surface area (Å²) in [6.07, 6.45) is 1.07. The Labute approximate surface area is 259 Å². The minimum atomic E-state index is -4.02. The summed E-state index contributed by atoms with van der Waals surface area (Å²) >= 11 is 1.43. The lowest BCUT2D eigenvalue weighted by molar-refractivity contribution is -0.161. The predicted molar refractivity (Wildman–Crippen MR) is 160 cm³/mol. The second-order valence-electron chi connectivity index (χ2n) is 9.52. The van der Waals surface area contributed by atoms with Gasteiger partial charge in [0.15, 0.2) is 5.16 Å². The van der Waals surface area contributed by atoms with Gasteiger partial charge in [-0.2, -0.15) is 21.9 Å². The molecule has 0 bridgehead atoms. The lowest BCUT2D eigenvalue weighted by Crippen LogP contribution is -2.32. The smallest absolute Gasteiger partial charge is 0.294 e. The maximum absolute atomic E-state index is 13.2. The molecular formula is C28H32FN3O9S3. The molecule has 0 spiro atoms. The molecule has 1 aromatic heterocycles. The van der Waals surface area contributed by atoms with Crippen LogP contribution in [0.2, 0.25) is 0 Å². The Morgan fingerprint density at radius 2 is 1.41 bits per heavy atom. The molecule has 1 aliphatic heterocycles. The molecule has 16 heteroatoms. The Morgan fingerprint density at radius 1 is 0.909 bits per heavy atom. The van der Waals surface area contributed by atoms with Crippen LogP contribution in [0.25, 0.3) is 0 Å².